The molecule has 0 bridgehead atoms. The van der Waals surface area contributed by atoms with Crippen molar-refractivity contribution in [1.82, 2.24) is 0 Å². The summed E-state index contributed by atoms with van der Waals surface area (Å²) in [6, 6.07) is 0. The Labute approximate surface area is 67.9 Å². The Kier molecular flexibility index (Phi) is 4.24. The summed E-state index contributed by atoms with van der Waals surface area (Å²) in [6.07, 6.45) is 9.34. The van der Waals surface area contributed by atoms with E-state index in [4.69, 9.17) is 9.84 Å². The molecule has 0 saturated carbocycles. The van der Waals surface area contributed by atoms with E-state index in [1.807, 2.05) is 0 Å². The molecule has 0 spiro atoms. The van der Waals surface area contributed by atoms with Gasteiger partial charge in [0.25, 0.3) is 0 Å². The van der Waals surface area contributed by atoms with Crippen molar-refractivity contribution in [2.75, 3.05) is 13.2 Å². The summed E-state index contributed by atoms with van der Waals surface area (Å²) in [5.41, 5.74) is 0. The minimum atomic E-state index is 0.129. The Morgan fingerprint density at radius 2 is 2.36 bits per heavy atom. The minimum Gasteiger partial charge on any atom is -0.394 e. The lowest BCUT2D eigenvalue weighted by atomic mass is 10.2. The van der Waals surface area contributed by atoms with Gasteiger partial charge in [-0.25, -0.2) is 0 Å². The van der Waals surface area contributed by atoms with Crippen molar-refractivity contribution in [2.45, 2.75) is 31.8 Å². The van der Waals surface area contributed by atoms with Crippen LogP contribution in [0.5, 0.6) is 0 Å². The zero-order chi connectivity index (χ0) is 7.94. The molecule has 0 aromatic heterocycles. The van der Waals surface area contributed by atoms with E-state index in [1.165, 1.54) is 19.3 Å². The van der Waals surface area contributed by atoms with Crippen LogP contribution in [0.4, 0.5) is 0 Å². The van der Waals surface area contributed by atoms with Crippen LogP contribution in [0.15, 0.2) is 12.2 Å². The first-order chi connectivity index (χ1) is 5.43. The lowest BCUT2D eigenvalue weighted by molar-refractivity contribution is 0.0500. The van der Waals surface area contributed by atoms with Gasteiger partial charge >= 0.3 is 0 Å². The quantitative estimate of drug-likeness (QED) is 0.627. The molecule has 1 aliphatic rings. The van der Waals surface area contributed by atoms with E-state index in [-0.39, 0.29) is 12.7 Å². The van der Waals surface area contributed by atoms with Crippen molar-refractivity contribution >= 4 is 0 Å². The van der Waals surface area contributed by atoms with Crippen LogP contribution in [-0.2, 0) is 4.74 Å². The molecule has 2 heteroatoms. The summed E-state index contributed by atoms with van der Waals surface area (Å²) in [7, 11) is 0. The monoisotopic (exact) mass is 156 g/mol. The van der Waals surface area contributed by atoms with Gasteiger partial charge in [-0.05, 0) is 19.3 Å². The van der Waals surface area contributed by atoms with Gasteiger partial charge in [-0.1, -0.05) is 18.6 Å². The first-order valence-corrected chi connectivity index (χ1v) is 4.32. The molecule has 0 aliphatic heterocycles. The van der Waals surface area contributed by atoms with Crippen LogP contribution in [0.1, 0.15) is 25.7 Å². The fraction of sp³-hybridized carbons (Fsp3) is 0.778. The highest BCUT2D eigenvalue weighted by Gasteiger charge is 2.06. The molecule has 0 aromatic carbocycles. The summed E-state index contributed by atoms with van der Waals surface area (Å²) in [6.45, 7) is 0.597. The molecule has 2 nitrogen and oxygen atoms in total. The third-order valence-electron chi connectivity index (χ3n) is 1.88. The Hall–Kier alpha value is -0.340. The predicted octanol–water partition coefficient (Wildman–Crippen LogP) is 1.49. The highest BCUT2D eigenvalue weighted by Crippen LogP contribution is 2.13. The topological polar surface area (TPSA) is 29.5 Å². The second kappa shape index (κ2) is 5.33. The molecule has 1 aliphatic carbocycles. The van der Waals surface area contributed by atoms with E-state index in [9.17, 15) is 0 Å². The summed E-state index contributed by atoms with van der Waals surface area (Å²) >= 11 is 0. The molecule has 1 atom stereocenters. The van der Waals surface area contributed by atoms with E-state index in [0.29, 0.717) is 6.61 Å². The molecule has 0 amide bonds. The SMILES string of the molecule is OCCOC1C=CCCCC1. The lowest BCUT2D eigenvalue weighted by Gasteiger charge is -2.10. The van der Waals surface area contributed by atoms with E-state index >= 15 is 0 Å². The van der Waals surface area contributed by atoms with Crippen LogP contribution in [0.25, 0.3) is 0 Å². The number of aliphatic hydroxyl groups excluding tert-OH is 1. The first-order valence-electron chi connectivity index (χ1n) is 4.32. The Morgan fingerprint density at radius 3 is 3.18 bits per heavy atom. The van der Waals surface area contributed by atoms with Crippen LogP contribution < -0.4 is 0 Å². The van der Waals surface area contributed by atoms with Gasteiger partial charge in [0.05, 0.1) is 19.3 Å². The Balaban J connectivity index is 2.19. The van der Waals surface area contributed by atoms with Gasteiger partial charge in [-0.15, -0.1) is 0 Å². The zero-order valence-electron chi connectivity index (χ0n) is 6.83. The number of hydrogen-bond acceptors (Lipinski definition) is 2. The van der Waals surface area contributed by atoms with E-state index < -0.39 is 0 Å². The molecule has 0 radical (unpaired) electrons. The molecule has 0 heterocycles. The van der Waals surface area contributed by atoms with Crippen molar-refractivity contribution in [3.63, 3.8) is 0 Å². The van der Waals surface area contributed by atoms with Crippen molar-refractivity contribution in [2.24, 2.45) is 0 Å². The van der Waals surface area contributed by atoms with E-state index in [1.54, 1.807) is 0 Å². The van der Waals surface area contributed by atoms with Gasteiger partial charge in [-0.2, -0.15) is 0 Å². The average Bonchev–Trinajstić information content (AvgIpc) is 2.28. The van der Waals surface area contributed by atoms with Crippen LogP contribution >= 0.6 is 0 Å². The molecule has 0 aromatic rings. The number of aliphatic hydroxyl groups is 1. The summed E-state index contributed by atoms with van der Waals surface area (Å²) in [4.78, 5) is 0. The molecule has 11 heavy (non-hydrogen) atoms. The fourth-order valence-corrected chi connectivity index (χ4v) is 1.29. The summed E-state index contributed by atoms with van der Waals surface area (Å²) in [5.74, 6) is 0. The fourth-order valence-electron chi connectivity index (χ4n) is 1.29. The summed E-state index contributed by atoms with van der Waals surface area (Å²) < 4.78 is 5.38. The van der Waals surface area contributed by atoms with Gasteiger partial charge in [-0.3, -0.25) is 0 Å². The standard InChI is InChI=1S/C9H16O2/c10-7-8-11-9-5-3-1-2-4-6-9/h3,5,9-10H,1-2,4,6-8H2. The van der Waals surface area contributed by atoms with Crippen molar-refractivity contribution in [3.8, 4) is 0 Å². The second-order valence-electron chi connectivity index (χ2n) is 2.85. The Morgan fingerprint density at radius 1 is 1.45 bits per heavy atom. The van der Waals surface area contributed by atoms with Gasteiger partial charge in [0.2, 0.25) is 0 Å². The largest absolute Gasteiger partial charge is 0.394 e. The summed E-state index contributed by atoms with van der Waals surface area (Å²) in [5, 5.41) is 8.52. The number of ether oxygens (including phenoxy) is 1. The zero-order valence-corrected chi connectivity index (χ0v) is 6.83. The highest BCUT2D eigenvalue weighted by atomic mass is 16.5. The van der Waals surface area contributed by atoms with Crippen LogP contribution in [-0.4, -0.2) is 24.4 Å². The number of rotatable bonds is 3. The molecule has 1 rings (SSSR count). The average molecular weight is 156 g/mol. The molecule has 1 N–H and O–H groups in total. The van der Waals surface area contributed by atoms with Crippen molar-refractivity contribution in [1.29, 1.82) is 0 Å². The van der Waals surface area contributed by atoms with Gasteiger partial charge in [0.1, 0.15) is 0 Å². The van der Waals surface area contributed by atoms with Crippen LogP contribution in [0, 0.1) is 0 Å². The van der Waals surface area contributed by atoms with Crippen LogP contribution in [0.3, 0.4) is 0 Å². The van der Waals surface area contributed by atoms with Gasteiger partial charge < -0.3 is 9.84 Å². The molecular formula is C9H16O2. The molecule has 1 unspecified atom stereocenters. The van der Waals surface area contributed by atoms with Gasteiger partial charge in [0.15, 0.2) is 0 Å². The van der Waals surface area contributed by atoms with Crippen molar-refractivity contribution in [3.05, 3.63) is 12.2 Å². The maximum atomic E-state index is 8.52. The predicted molar refractivity (Wildman–Crippen MR) is 44.4 cm³/mol. The van der Waals surface area contributed by atoms with Crippen LogP contribution in [0.2, 0.25) is 0 Å². The molecule has 64 valence electrons. The van der Waals surface area contributed by atoms with E-state index in [0.717, 1.165) is 6.42 Å². The molecule has 0 fully saturated rings. The maximum Gasteiger partial charge on any atom is 0.0757 e. The smallest absolute Gasteiger partial charge is 0.0757 e. The number of hydrogen-bond donors (Lipinski definition) is 1. The number of allylic oxidation sites excluding steroid dienone is 1. The third-order valence-corrected chi connectivity index (χ3v) is 1.88. The van der Waals surface area contributed by atoms with Gasteiger partial charge in [0, 0.05) is 0 Å². The lowest BCUT2D eigenvalue weighted by Crippen LogP contribution is -2.11. The normalized spacial score (nSPS) is 25.0. The molecule has 0 saturated heterocycles. The second-order valence-corrected chi connectivity index (χ2v) is 2.85. The highest BCUT2D eigenvalue weighted by molar-refractivity contribution is 4.92. The van der Waals surface area contributed by atoms with E-state index in [2.05, 4.69) is 12.2 Å². The molecular weight excluding hydrogens is 140 g/mol. The maximum absolute atomic E-state index is 8.52. The third kappa shape index (κ3) is 3.54. The van der Waals surface area contributed by atoms with Crippen molar-refractivity contribution < 1.29 is 9.84 Å². The Bertz CT molecular complexity index is 121. The first kappa shape index (κ1) is 8.75. The minimum absolute atomic E-state index is 0.129.